The van der Waals surface area contributed by atoms with E-state index in [4.69, 9.17) is 9.15 Å². The highest BCUT2D eigenvalue weighted by molar-refractivity contribution is 5.89. The van der Waals surface area contributed by atoms with Gasteiger partial charge in [-0.05, 0) is 64.1 Å². The number of likely N-dealkylation sites (N-methyl/N-ethyl adjacent to an activating group) is 1. The third-order valence-corrected chi connectivity index (χ3v) is 8.03. The summed E-state index contributed by atoms with van der Waals surface area (Å²) < 4.78 is 29.9. The first-order chi connectivity index (χ1) is 21.2. The minimum atomic E-state index is -0.687. The summed E-state index contributed by atoms with van der Waals surface area (Å²) in [5, 5.41) is 0. The Morgan fingerprint density at radius 1 is 1.07 bits per heavy atom. The van der Waals surface area contributed by atoms with E-state index in [0.29, 0.717) is 42.8 Å². The first-order valence-electron chi connectivity index (χ1n) is 15.1. The molecular weight excluding hydrogens is 559 g/mol. The highest BCUT2D eigenvalue weighted by atomic mass is 19.1. The maximum absolute atomic E-state index is 14.9. The summed E-state index contributed by atoms with van der Waals surface area (Å²) in [7, 11) is 1.99. The number of esters is 1. The number of carbonyl (C=O) groups is 1. The number of nitrogens with zero attached hydrogens (tertiary/aromatic N) is 4. The Hall–Kier alpha value is -4.50. The van der Waals surface area contributed by atoms with E-state index in [-0.39, 0.29) is 24.0 Å². The second kappa shape index (κ2) is 13.4. The number of furan rings is 1. The number of halogens is 1. The zero-order chi connectivity index (χ0) is 31.4. The highest BCUT2D eigenvalue weighted by Gasteiger charge is 2.26. The van der Waals surface area contributed by atoms with Crippen LogP contribution in [0.15, 0.2) is 76.2 Å². The van der Waals surface area contributed by atoms with Crippen LogP contribution in [0.3, 0.4) is 0 Å². The molecule has 0 spiro atoms. The van der Waals surface area contributed by atoms with Crippen LogP contribution in [-0.2, 0) is 24.2 Å². The number of benzene rings is 1. The molecule has 0 aliphatic rings. The van der Waals surface area contributed by atoms with Crippen LogP contribution < -0.4 is 5.56 Å². The Labute approximate surface area is 256 Å². The van der Waals surface area contributed by atoms with E-state index in [9.17, 15) is 14.0 Å². The summed E-state index contributed by atoms with van der Waals surface area (Å²) in [5.74, 6) is 0.413. The summed E-state index contributed by atoms with van der Waals surface area (Å²) in [6.07, 6.45) is 4.95. The van der Waals surface area contributed by atoms with Gasteiger partial charge in [0.05, 0.1) is 6.54 Å². The van der Waals surface area contributed by atoms with E-state index in [1.165, 1.54) is 12.3 Å². The molecule has 230 valence electrons. The topological polar surface area (TPSA) is 82.0 Å². The molecular formula is C35H39FN4O4. The largest absolute Gasteiger partial charge is 0.466 e. The quantitative estimate of drug-likeness (QED) is 0.151. The Bertz CT molecular complexity index is 1820. The van der Waals surface area contributed by atoms with Crippen LogP contribution in [0.1, 0.15) is 65.5 Å². The standard InChI is InChI=1S/C35H39FN4O4/c1-6-27(7-2)44-35(42)30-21-39(20-25-12-8-9-14-31(25)36)33-19-29(28-18-23(3)43-24(28)4)32(40(33)34(30)41)22-38(5)17-15-26-13-10-11-16-37-26/h8-14,16,18-19,21,27H,6-7,15,17,20,22H2,1-5H3. The number of fused-ring (bicyclic) bond motifs is 1. The monoisotopic (exact) mass is 598 g/mol. The molecule has 0 radical (unpaired) electrons. The van der Waals surface area contributed by atoms with Crippen LogP contribution in [0, 0.1) is 19.7 Å². The van der Waals surface area contributed by atoms with Crippen LogP contribution in [0.2, 0.25) is 0 Å². The van der Waals surface area contributed by atoms with Gasteiger partial charge in [0.1, 0.15) is 34.7 Å². The van der Waals surface area contributed by atoms with Gasteiger partial charge in [-0.1, -0.05) is 38.1 Å². The van der Waals surface area contributed by atoms with Gasteiger partial charge >= 0.3 is 5.97 Å². The van der Waals surface area contributed by atoms with Gasteiger partial charge < -0.3 is 18.6 Å². The Morgan fingerprint density at radius 2 is 1.82 bits per heavy atom. The number of ether oxygens (including phenoxy) is 1. The number of rotatable bonds is 12. The van der Waals surface area contributed by atoms with Crippen molar-refractivity contribution in [2.45, 2.75) is 66.2 Å². The summed E-state index contributed by atoms with van der Waals surface area (Å²) in [6, 6.07) is 16.2. The van der Waals surface area contributed by atoms with Crippen molar-refractivity contribution in [3.63, 3.8) is 0 Å². The van der Waals surface area contributed by atoms with Gasteiger partial charge in [-0.3, -0.25) is 14.2 Å². The lowest BCUT2D eigenvalue weighted by atomic mass is 10.1. The van der Waals surface area contributed by atoms with Crippen LogP contribution in [-0.4, -0.2) is 44.5 Å². The van der Waals surface area contributed by atoms with Crippen LogP contribution in [0.25, 0.3) is 16.8 Å². The van der Waals surface area contributed by atoms with Gasteiger partial charge in [-0.2, -0.15) is 0 Å². The maximum atomic E-state index is 14.9. The van der Waals surface area contributed by atoms with Gasteiger partial charge in [0.2, 0.25) is 0 Å². The summed E-state index contributed by atoms with van der Waals surface area (Å²) >= 11 is 0. The van der Waals surface area contributed by atoms with Crippen molar-refractivity contribution in [2.24, 2.45) is 0 Å². The number of hydrogen-bond acceptors (Lipinski definition) is 6. The molecule has 1 aromatic carbocycles. The van der Waals surface area contributed by atoms with E-state index in [1.54, 1.807) is 33.4 Å². The second-order valence-electron chi connectivity index (χ2n) is 11.2. The van der Waals surface area contributed by atoms with Crippen molar-refractivity contribution in [3.8, 4) is 11.1 Å². The van der Waals surface area contributed by atoms with Crippen molar-refractivity contribution < 1.29 is 18.3 Å². The summed E-state index contributed by atoms with van der Waals surface area (Å²) in [5.41, 5.74) is 3.75. The fourth-order valence-corrected chi connectivity index (χ4v) is 5.59. The molecule has 0 saturated heterocycles. The predicted octanol–water partition coefficient (Wildman–Crippen LogP) is 6.58. The fourth-order valence-electron chi connectivity index (χ4n) is 5.59. The molecule has 44 heavy (non-hydrogen) atoms. The number of pyridine rings is 1. The molecule has 0 fully saturated rings. The zero-order valence-corrected chi connectivity index (χ0v) is 26.0. The molecule has 0 amide bonds. The van der Waals surface area contributed by atoms with Crippen molar-refractivity contribution in [1.29, 1.82) is 0 Å². The zero-order valence-electron chi connectivity index (χ0n) is 26.0. The average molecular weight is 599 g/mol. The fraction of sp³-hybridized carbons (Fsp3) is 0.343. The first-order valence-corrected chi connectivity index (χ1v) is 15.1. The number of aromatic nitrogens is 3. The van der Waals surface area contributed by atoms with Gasteiger partial charge in [-0.15, -0.1) is 0 Å². The van der Waals surface area contributed by atoms with Crippen molar-refractivity contribution >= 4 is 11.6 Å². The molecule has 8 nitrogen and oxygen atoms in total. The van der Waals surface area contributed by atoms with Gasteiger partial charge in [-0.25, -0.2) is 9.18 Å². The molecule has 5 aromatic rings. The van der Waals surface area contributed by atoms with Crippen LogP contribution >= 0.6 is 0 Å². The number of aryl methyl sites for hydroxylation is 2. The highest BCUT2D eigenvalue weighted by Crippen LogP contribution is 2.33. The van der Waals surface area contributed by atoms with Crippen LogP contribution in [0.4, 0.5) is 4.39 Å². The predicted molar refractivity (Wildman–Crippen MR) is 168 cm³/mol. The lowest BCUT2D eigenvalue weighted by Crippen LogP contribution is -2.31. The van der Waals surface area contributed by atoms with Gasteiger partial charge in [0.15, 0.2) is 0 Å². The van der Waals surface area contributed by atoms with E-state index in [2.05, 4.69) is 9.88 Å². The van der Waals surface area contributed by atoms with Crippen molar-refractivity contribution in [3.05, 3.63) is 117 Å². The van der Waals surface area contributed by atoms with E-state index < -0.39 is 11.5 Å². The Balaban J connectivity index is 1.69. The van der Waals surface area contributed by atoms with Crippen molar-refractivity contribution in [2.75, 3.05) is 13.6 Å². The minimum absolute atomic E-state index is 0.0969. The summed E-state index contributed by atoms with van der Waals surface area (Å²) in [6.45, 7) is 8.86. The molecule has 9 heteroatoms. The molecule has 0 N–H and O–H groups in total. The lowest BCUT2D eigenvalue weighted by Gasteiger charge is -2.19. The summed E-state index contributed by atoms with van der Waals surface area (Å²) in [4.78, 5) is 34.3. The van der Waals surface area contributed by atoms with Crippen molar-refractivity contribution in [1.82, 2.24) is 18.9 Å². The van der Waals surface area contributed by atoms with Gasteiger partial charge in [0.25, 0.3) is 5.56 Å². The number of carbonyl (C=O) groups excluding carboxylic acids is 1. The molecule has 0 bridgehead atoms. The van der Waals surface area contributed by atoms with E-state index >= 15 is 0 Å². The third-order valence-electron chi connectivity index (χ3n) is 8.03. The number of hydrogen-bond donors (Lipinski definition) is 0. The second-order valence-corrected chi connectivity index (χ2v) is 11.2. The Kier molecular flexibility index (Phi) is 9.44. The normalized spacial score (nSPS) is 11.6. The van der Waals surface area contributed by atoms with Crippen LogP contribution in [0.5, 0.6) is 0 Å². The smallest absolute Gasteiger partial charge is 0.345 e. The molecule has 0 saturated carbocycles. The SMILES string of the molecule is CCC(CC)OC(=O)c1cn(Cc2ccccc2F)c2cc(-c3cc(C)oc3C)c(CN(C)CCc3ccccn3)n2c1=O. The lowest BCUT2D eigenvalue weighted by molar-refractivity contribution is 0.0281. The molecule has 4 heterocycles. The molecule has 0 unspecified atom stereocenters. The minimum Gasteiger partial charge on any atom is -0.466 e. The average Bonchev–Trinajstić information content (AvgIpc) is 3.56. The van der Waals surface area contributed by atoms with E-state index in [0.717, 1.165) is 34.8 Å². The molecule has 0 aliphatic heterocycles. The maximum Gasteiger partial charge on any atom is 0.345 e. The third kappa shape index (κ3) is 6.53. The first kappa shape index (κ1) is 30.9. The molecule has 5 rings (SSSR count). The Morgan fingerprint density at radius 3 is 2.48 bits per heavy atom. The van der Waals surface area contributed by atoms with Gasteiger partial charge in [0, 0.05) is 60.0 Å². The molecule has 0 atom stereocenters. The molecule has 4 aromatic heterocycles. The molecule has 0 aliphatic carbocycles. The van der Waals surface area contributed by atoms with E-state index in [1.807, 2.05) is 65.1 Å².